The average molecular weight is 559 g/mol. The summed E-state index contributed by atoms with van der Waals surface area (Å²) in [5.74, 6) is -0.184. The maximum Gasteiger partial charge on any atom is 0.410 e. The topological polar surface area (TPSA) is 150 Å². The summed E-state index contributed by atoms with van der Waals surface area (Å²) < 4.78 is 11.2. The van der Waals surface area contributed by atoms with Crippen LogP contribution < -0.4 is 10.1 Å². The van der Waals surface area contributed by atoms with Crippen molar-refractivity contribution in [3.8, 4) is 5.75 Å². The zero-order chi connectivity index (χ0) is 28.0. The van der Waals surface area contributed by atoms with Gasteiger partial charge in [-0.15, -0.1) is 11.3 Å². The Hall–Kier alpha value is -3.87. The van der Waals surface area contributed by atoms with E-state index in [2.05, 4.69) is 15.5 Å². The number of rotatable bonds is 8. The molecule has 2 aliphatic heterocycles. The number of carbonyl (C=O) groups excluding carboxylic acids is 1. The van der Waals surface area contributed by atoms with Gasteiger partial charge in [-0.25, -0.2) is 14.6 Å². The number of ether oxygens (including phenoxy) is 2. The van der Waals surface area contributed by atoms with Gasteiger partial charge in [0.05, 0.1) is 5.51 Å². The Balaban J connectivity index is 1.20. The molecule has 12 nitrogen and oxygen atoms in total. The Kier molecular flexibility index (Phi) is 8.90. The SMILES string of the molecule is CC(C)(C)OC(=O)N1CCC(NC(=N)N2Cc3ccc(OCCO/N=C(\C(=O)O)c4cscn4)cc3C2)CC1. The van der Waals surface area contributed by atoms with Crippen molar-refractivity contribution in [2.45, 2.75) is 58.3 Å². The third-order valence-corrected chi connectivity index (χ3v) is 6.77. The predicted octanol–water partition coefficient (Wildman–Crippen LogP) is 3.27. The molecule has 1 aromatic carbocycles. The molecule has 3 N–H and O–H groups in total. The van der Waals surface area contributed by atoms with Gasteiger partial charge >= 0.3 is 12.1 Å². The Morgan fingerprint density at radius 2 is 1.92 bits per heavy atom. The van der Waals surface area contributed by atoms with E-state index in [1.807, 2.05) is 43.9 Å². The molecule has 1 saturated heterocycles. The quantitative estimate of drug-likeness (QED) is 0.192. The minimum atomic E-state index is -1.21. The molecule has 1 aromatic heterocycles. The van der Waals surface area contributed by atoms with Gasteiger partial charge in [0.15, 0.2) is 12.6 Å². The summed E-state index contributed by atoms with van der Waals surface area (Å²) in [4.78, 5) is 36.4. The molecule has 3 heterocycles. The van der Waals surface area contributed by atoms with Gasteiger partial charge in [-0.1, -0.05) is 11.2 Å². The summed E-state index contributed by atoms with van der Waals surface area (Å²) in [6, 6.07) is 5.93. The lowest BCUT2D eigenvalue weighted by Crippen LogP contribution is -2.50. The van der Waals surface area contributed by atoms with E-state index in [9.17, 15) is 14.7 Å². The number of benzene rings is 1. The van der Waals surface area contributed by atoms with Crippen LogP contribution in [0, 0.1) is 5.41 Å². The van der Waals surface area contributed by atoms with Crippen LogP contribution in [0.15, 0.2) is 34.2 Å². The highest BCUT2D eigenvalue weighted by Gasteiger charge is 2.29. The minimum absolute atomic E-state index is 0.0748. The normalized spacial score (nSPS) is 16.0. The van der Waals surface area contributed by atoms with Crippen molar-refractivity contribution in [1.82, 2.24) is 20.1 Å². The van der Waals surface area contributed by atoms with Gasteiger partial charge in [0, 0.05) is 37.6 Å². The Labute approximate surface area is 231 Å². The molecule has 0 aliphatic carbocycles. The molecule has 0 spiro atoms. The number of oxime groups is 1. The van der Waals surface area contributed by atoms with Gasteiger partial charge < -0.3 is 34.5 Å². The van der Waals surface area contributed by atoms with Crippen molar-refractivity contribution >= 4 is 35.1 Å². The zero-order valence-electron chi connectivity index (χ0n) is 22.3. The maximum atomic E-state index is 12.3. The molecule has 39 heavy (non-hydrogen) atoms. The third-order valence-electron chi connectivity index (χ3n) is 6.18. The number of hydrogen-bond acceptors (Lipinski definition) is 9. The summed E-state index contributed by atoms with van der Waals surface area (Å²) in [5, 5.41) is 26.4. The number of hydrogen-bond donors (Lipinski definition) is 3. The van der Waals surface area contributed by atoms with Crippen molar-refractivity contribution < 1.29 is 29.0 Å². The van der Waals surface area contributed by atoms with Gasteiger partial charge in [0.2, 0.25) is 5.71 Å². The number of carboxylic acid groups (broad SMARTS) is 1. The summed E-state index contributed by atoms with van der Waals surface area (Å²) >= 11 is 1.28. The van der Waals surface area contributed by atoms with E-state index < -0.39 is 11.6 Å². The monoisotopic (exact) mass is 558 g/mol. The number of aromatic nitrogens is 1. The first-order valence-electron chi connectivity index (χ1n) is 12.7. The number of nitrogens with zero attached hydrogens (tertiary/aromatic N) is 4. The highest BCUT2D eigenvalue weighted by atomic mass is 32.1. The molecule has 0 radical (unpaired) electrons. The maximum absolute atomic E-state index is 12.3. The number of guanidine groups is 1. The highest BCUT2D eigenvalue weighted by Crippen LogP contribution is 2.27. The van der Waals surface area contributed by atoms with Crippen LogP contribution in [0.2, 0.25) is 0 Å². The second-order valence-corrected chi connectivity index (χ2v) is 11.0. The van der Waals surface area contributed by atoms with Crippen molar-refractivity contribution in [1.29, 1.82) is 5.41 Å². The van der Waals surface area contributed by atoms with E-state index in [0.29, 0.717) is 37.9 Å². The fourth-order valence-electron chi connectivity index (χ4n) is 4.27. The first kappa shape index (κ1) is 28.1. The average Bonchev–Trinajstić information content (AvgIpc) is 3.55. The Morgan fingerprint density at radius 3 is 2.59 bits per heavy atom. The van der Waals surface area contributed by atoms with Crippen LogP contribution in [0.1, 0.15) is 50.4 Å². The van der Waals surface area contributed by atoms with Gasteiger partial charge in [0.1, 0.15) is 23.7 Å². The lowest BCUT2D eigenvalue weighted by molar-refractivity contribution is -0.129. The molecule has 2 aromatic rings. The van der Waals surface area contributed by atoms with Crippen LogP contribution in [0.3, 0.4) is 0 Å². The number of aliphatic carboxylic acids is 1. The lowest BCUT2D eigenvalue weighted by atomic mass is 10.1. The fourth-order valence-corrected chi connectivity index (χ4v) is 4.80. The number of carboxylic acids is 1. The molecule has 1 fully saturated rings. The molecular weight excluding hydrogens is 524 g/mol. The van der Waals surface area contributed by atoms with E-state index in [1.165, 1.54) is 16.8 Å². The van der Waals surface area contributed by atoms with E-state index in [-0.39, 0.29) is 36.8 Å². The predicted molar refractivity (Wildman–Crippen MR) is 145 cm³/mol. The fraction of sp³-hybridized carbons (Fsp3) is 0.500. The number of amides is 1. The summed E-state index contributed by atoms with van der Waals surface area (Å²) in [7, 11) is 0. The largest absolute Gasteiger partial charge is 0.490 e. The van der Waals surface area contributed by atoms with Gasteiger partial charge in [-0.3, -0.25) is 5.41 Å². The van der Waals surface area contributed by atoms with Crippen LogP contribution in [-0.4, -0.2) is 81.6 Å². The van der Waals surface area contributed by atoms with Crippen molar-refractivity contribution in [2.75, 3.05) is 26.3 Å². The summed E-state index contributed by atoms with van der Waals surface area (Å²) in [6.45, 7) is 8.25. The van der Waals surface area contributed by atoms with Gasteiger partial charge in [0.25, 0.3) is 0 Å². The van der Waals surface area contributed by atoms with Crippen LogP contribution in [0.4, 0.5) is 4.79 Å². The smallest absolute Gasteiger partial charge is 0.410 e. The first-order valence-corrected chi connectivity index (χ1v) is 13.7. The van der Waals surface area contributed by atoms with Crippen LogP contribution in [0.25, 0.3) is 0 Å². The molecule has 0 bridgehead atoms. The number of nitrogens with one attached hydrogen (secondary N) is 2. The molecule has 2 aliphatic rings. The molecule has 13 heteroatoms. The second kappa shape index (κ2) is 12.3. The second-order valence-electron chi connectivity index (χ2n) is 10.3. The van der Waals surface area contributed by atoms with E-state index in [4.69, 9.17) is 19.7 Å². The molecular formula is C26H34N6O6S. The number of likely N-dealkylation sites (tertiary alicyclic amines) is 1. The molecule has 0 atom stereocenters. The molecule has 1 amide bonds. The highest BCUT2D eigenvalue weighted by molar-refractivity contribution is 7.07. The molecule has 210 valence electrons. The zero-order valence-corrected chi connectivity index (χ0v) is 23.1. The number of fused-ring (bicyclic) bond motifs is 1. The van der Waals surface area contributed by atoms with Gasteiger partial charge in [-0.2, -0.15) is 0 Å². The molecule has 0 unspecified atom stereocenters. The Bertz CT molecular complexity index is 1200. The van der Waals surface area contributed by atoms with E-state index in [0.717, 1.165) is 24.0 Å². The number of thiazole rings is 1. The first-order chi connectivity index (χ1) is 18.6. The van der Waals surface area contributed by atoms with E-state index in [1.54, 1.807) is 10.3 Å². The van der Waals surface area contributed by atoms with Gasteiger partial charge in [-0.05, 0) is 56.9 Å². The molecule has 0 saturated carbocycles. The standard InChI is InChI=1S/C26H34N6O6S/c1-26(2,3)38-25(35)31-8-6-19(7-9-31)29-24(27)32-13-17-4-5-20(12-18(17)14-32)36-10-11-37-30-22(23(33)34)21-15-39-16-28-21/h4-5,12,15-16,19H,6-11,13-14H2,1-3H3,(H2,27,29)(H,33,34)/b30-22-. The van der Waals surface area contributed by atoms with Crippen molar-refractivity contribution in [3.05, 3.63) is 45.9 Å². The molecule has 4 rings (SSSR count). The van der Waals surface area contributed by atoms with Crippen LogP contribution in [0.5, 0.6) is 5.75 Å². The number of carbonyl (C=O) groups is 2. The van der Waals surface area contributed by atoms with Crippen LogP contribution in [-0.2, 0) is 27.5 Å². The lowest BCUT2D eigenvalue weighted by Gasteiger charge is -2.35. The Morgan fingerprint density at radius 1 is 1.18 bits per heavy atom. The van der Waals surface area contributed by atoms with Crippen LogP contribution >= 0.6 is 11.3 Å². The van der Waals surface area contributed by atoms with Crippen molar-refractivity contribution in [3.63, 3.8) is 0 Å². The van der Waals surface area contributed by atoms with Crippen molar-refractivity contribution in [2.24, 2.45) is 5.16 Å². The summed E-state index contributed by atoms with van der Waals surface area (Å²) in [5.41, 5.74) is 3.22. The number of piperidine rings is 1. The summed E-state index contributed by atoms with van der Waals surface area (Å²) in [6.07, 6.45) is 1.22. The minimum Gasteiger partial charge on any atom is -0.490 e. The third kappa shape index (κ3) is 7.82. The van der Waals surface area contributed by atoms with E-state index >= 15 is 0 Å².